The predicted octanol–water partition coefficient (Wildman–Crippen LogP) is 0.818. The number of anilines is 2. The maximum Gasteiger partial charge on any atom is 0.0784 e. The fourth-order valence-electron chi connectivity index (χ4n) is 4.42. The normalized spacial score (nSPS) is 23.1. The van der Waals surface area contributed by atoms with E-state index in [-0.39, 0.29) is 12.4 Å². The van der Waals surface area contributed by atoms with Crippen LogP contribution in [0.5, 0.6) is 0 Å². The van der Waals surface area contributed by atoms with Gasteiger partial charge in [-0.3, -0.25) is 0 Å². The third-order valence-electron chi connectivity index (χ3n) is 6.11. The lowest BCUT2D eigenvalue weighted by atomic mass is 10.0. The highest BCUT2D eigenvalue weighted by Crippen LogP contribution is 2.29. The average molecular weight is 352 g/mol. The van der Waals surface area contributed by atoms with Crippen LogP contribution in [0.2, 0.25) is 0 Å². The van der Waals surface area contributed by atoms with Gasteiger partial charge in [0.15, 0.2) is 0 Å². The summed E-state index contributed by atoms with van der Waals surface area (Å²) < 4.78 is 1.33. The Morgan fingerprint density at radius 3 is 2.67 bits per heavy atom. The summed E-state index contributed by atoms with van der Waals surface area (Å²) in [6.45, 7) is 8.74. The number of piperidine rings is 1. The number of nitrogens with two attached hydrogens (primary N) is 1. The molecule has 0 aliphatic carbocycles. The second kappa shape index (κ2) is 8.44. The van der Waals surface area contributed by atoms with Gasteiger partial charge in [0, 0.05) is 24.5 Å². The zero-order valence-corrected chi connectivity index (χ0v) is 16.2. The van der Waals surface area contributed by atoms with Gasteiger partial charge in [0.05, 0.1) is 26.7 Å². The molecule has 0 amide bonds. The maximum absolute atomic E-state index is 5.94. The first-order chi connectivity index (χ1) is 11.1. The van der Waals surface area contributed by atoms with Crippen LogP contribution in [0.15, 0.2) is 18.2 Å². The summed E-state index contributed by atoms with van der Waals surface area (Å²) in [4.78, 5) is 2.55. The molecule has 2 aliphatic heterocycles. The van der Waals surface area contributed by atoms with Gasteiger partial charge in [-0.15, -0.1) is 0 Å². The number of halogens is 1. The van der Waals surface area contributed by atoms with Crippen molar-refractivity contribution < 1.29 is 16.9 Å². The molecule has 0 radical (unpaired) electrons. The zero-order chi connectivity index (χ0) is 16.3. The molecule has 136 valence electrons. The first kappa shape index (κ1) is 19.4. The van der Waals surface area contributed by atoms with E-state index in [1.165, 1.54) is 87.0 Å². The summed E-state index contributed by atoms with van der Waals surface area (Å²) in [6.07, 6.45) is 8.47. The summed E-state index contributed by atoms with van der Waals surface area (Å²) in [5.41, 5.74) is 9.41. The second-order valence-electron chi connectivity index (χ2n) is 8.13. The fourth-order valence-corrected chi connectivity index (χ4v) is 4.42. The van der Waals surface area contributed by atoms with Crippen LogP contribution in [-0.4, -0.2) is 44.3 Å². The second-order valence-corrected chi connectivity index (χ2v) is 8.13. The molecule has 3 nitrogen and oxygen atoms in total. The van der Waals surface area contributed by atoms with E-state index in [9.17, 15) is 0 Å². The molecule has 0 bridgehead atoms. The SMILES string of the molecule is Cc1cc(N2CCC(CCC[N+]3(C)CCCCC3)C2)ccc1N.[Cl-]. The standard InChI is InChI=1S/C20H34N3.ClH/c1-17-15-19(8-9-20(17)21)22-11-10-18(16-22)7-6-14-23(2)12-4-3-5-13-23;/h8-9,15,18H,3-7,10-14,16,21H2,1-2H3;1H/q+1;/p-1. The molecule has 2 fully saturated rings. The van der Waals surface area contributed by atoms with Crippen LogP contribution in [0, 0.1) is 12.8 Å². The molecule has 2 heterocycles. The van der Waals surface area contributed by atoms with Gasteiger partial charge in [0.2, 0.25) is 0 Å². The van der Waals surface area contributed by atoms with Gasteiger partial charge in [-0.25, -0.2) is 0 Å². The Hall–Kier alpha value is -0.930. The number of hydrogen-bond donors (Lipinski definition) is 1. The number of nitrogen functional groups attached to an aromatic ring is 1. The Morgan fingerprint density at radius 2 is 1.96 bits per heavy atom. The van der Waals surface area contributed by atoms with Crippen LogP contribution in [0.25, 0.3) is 0 Å². The van der Waals surface area contributed by atoms with Crippen molar-refractivity contribution in [3.05, 3.63) is 23.8 Å². The molecule has 1 aromatic rings. The van der Waals surface area contributed by atoms with E-state index >= 15 is 0 Å². The van der Waals surface area contributed by atoms with Crippen molar-refractivity contribution in [3.8, 4) is 0 Å². The number of benzene rings is 1. The molecule has 1 aromatic carbocycles. The maximum atomic E-state index is 5.94. The highest BCUT2D eigenvalue weighted by atomic mass is 35.5. The fraction of sp³-hybridized carbons (Fsp3) is 0.700. The first-order valence-electron chi connectivity index (χ1n) is 9.50. The van der Waals surface area contributed by atoms with E-state index < -0.39 is 0 Å². The van der Waals surface area contributed by atoms with Crippen molar-refractivity contribution in [3.63, 3.8) is 0 Å². The molecule has 1 atom stereocenters. The van der Waals surface area contributed by atoms with Gasteiger partial charge < -0.3 is 27.5 Å². The molecule has 0 spiro atoms. The third-order valence-corrected chi connectivity index (χ3v) is 6.11. The van der Waals surface area contributed by atoms with Crippen LogP contribution in [-0.2, 0) is 0 Å². The lowest BCUT2D eigenvalue weighted by molar-refractivity contribution is -0.914. The van der Waals surface area contributed by atoms with Crippen molar-refractivity contribution in [2.24, 2.45) is 5.92 Å². The minimum Gasteiger partial charge on any atom is -1.00 e. The van der Waals surface area contributed by atoms with Gasteiger partial charge in [-0.2, -0.15) is 0 Å². The van der Waals surface area contributed by atoms with Crippen molar-refractivity contribution >= 4 is 11.4 Å². The van der Waals surface area contributed by atoms with Crippen molar-refractivity contribution in [1.29, 1.82) is 0 Å². The molecule has 3 rings (SSSR count). The Kier molecular flexibility index (Phi) is 6.82. The molecule has 2 N–H and O–H groups in total. The molecule has 0 saturated carbocycles. The molecule has 2 saturated heterocycles. The van der Waals surface area contributed by atoms with E-state index in [1.54, 1.807) is 0 Å². The minimum atomic E-state index is 0. The molecule has 4 heteroatoms. The van der Waals surface area contributed by atoms with Gasteiger partial charge in [-0.05, 0) is 75.1 Å². The Balaban J connectivity index is 0.00000208. The van der Waals surface area contributed by atoms with Crippen LogP contribution >= 0.6 is 0 Å². The average Bonchev–Trinajstić information content (AvgIpc) is 2.99. The van der Waals surface area contributed by atoms with Crippen LogP contribution in [0.3, 0.4) is 0 Å². The van der Waals surface area contributed by atoms with Crippen LogP contribution < -0.4 is 23.0 Å². The number of aryl methyl sites for hydroxylation is 1. The summed E-state index contributed by atoms with van der Waals surface area (Å²) in [7, 11) is 2.47. The lowest BCUT2D eigenvalue weighted by Crippen LogP contribution is -3.00. The van der Waals surface area contributed by atoms with E-state index in [2.05, 4.69) is 37.1 Å². The van der Waals surface area contributed by atoms with Crippen LogP contribution in [0.1, 0.15) is 44.1 Å². The van der Waals surface area contributed by atoms with Gasteiger partial charge in [0.1, 0.15) is 0 Å². The monoisotopic (exact) mass is 351 g/mol. The molecule has 24 heavy (non-hydrogen) atoms. The number of hydrogen-bond acceptors (Lipinski definition) is 2. The van der Waals surface area contributed by atoms with Crippen LogP contribution in [0.4, 0.5) is 11.4 Å². The first-order valence-corrected chi connectivity index (χ1v) is 9.50. The third kappa shape index (κ3) is 4.80. The van der Waals surface area contributed by atoms with Gasteiger partial charge in [0.25, 0.3) is 0 Å². The summed E-state index contributed by atoms with van der Waals surface area (Å²) in [5, 5.41) is 0. The Morgan fingerprint density at radius 1 is 1.21 bits per heavy atom. The smallest absolute Gasteiger partial charge is 0.0784 e. The van der Waals surface area contributed by atoms with Gasteiger partial charge in [-0.1, -0.05) is 0 Å². The quantitative estimate of drug-likeness (QED) is 0.628. The predicted molar refractivity (Wildman–Crippen MR) is 99.8 cm³/mol. The number of quaternary nitrogens is 1. The number of nitrogens with zero attached hydrogens (tertiary/aromatic N) is 2. The summed E-state index contributed by atoms with van der Waals surface area (Å²) in [6, 6.07) is 6.49. The molecule has 2 aliphatic rings. The number of likely N-dealkylation sites (tertiary alicyclic amines) is 1. The van der Waals surface area contributed by atoms with E-state index in [0.717, 1.165) is 11.6 Å². The highest BCUT2D eigenvalue weighted by molar-refractivity contribution is 5.58. The molecular formula is C20H34ClN3. The highest BCUT2D eigenvalue weighted by Gasteiger charge is 2.26. The molecule has 0 aromatic heterocycles. The Bertz CT molecular complexity index is 526. The van der Waals surface area contributed by atoms with E-state index in [1.807, 2.05) is 0 Å². The van der Waals surface area contributed by atoms with Crippen molar-refractivity contribution in [2.75, 3.05) is 50.4 Å². The summed E-state index contributed by atoms with van der Waals surface area (Å²) in [5.74, 6) is 0.879. The largest absolute Gasteiger partial charge is 1.00 e. The topological polar surface area (TPSA) is 29.3 Å². The van der Waals surface area contributed by atoms with Gasteiger partial charge >= 0.3 is 0 Å². The zero-order valence-electron chi connectivity index (χ0n) is 15.4. The van der Waals surface area contributed by atoms with E-state index in [0.29, 0.717) is 0 Å². The van der Waals surface area contributed by atoms with Crippen molar-refractivity contribution in [2.45, 2.75) is 45.4 Å². The lowest BCUT2D eigenvalue weighted by Gasteiger charge is -2.38. The van der Waals surface area contributed by atoms with E-state index in [4.69, 9.17) is 5.73 Å². The Labute approximate surface area is 154 Å². The minimum absolute atomic E-state index is 0. The molecular weight excluding hydrogens is 318 g/mol. The van der Waals surface area contributed by atoms with Crippen molar-refractivity contribution in [1.82, 2.24) is 0 Å². The summed E-state index contributed by atoms with van der Waals surface area (Å²) >= 11 is 0. The molecule has 1 unspecified atom stereocenters. The number of rotatable bonds is 5.